The highest BCUT2D eigenvalue weighted by Gasteiger charge is 2.08. The molecule has 1 aromatic carbocycles. The standard InChI is InChI=1S/C18H26FN3O2.HI/c1-20-18(21-10-7-15-8-12-23-13-9-15)22(2)11-14-24-17-6-4-3-5-16(17)19;/h3-6,8H,7,9-14H2,1-2H3,(H,20,21);1H. The quantitative estimate of drug-likeness (QED) is 0.292. The second-order valence-corrected chi connectivity index (χ2v) is 5.61. The molecule has 1 heterocycles. The Morgan fingerprint density at radius 1 is 1.40 bits per heavy atom. The first-order valence-corrected chi connectivity index (χ1v) is 8.25. The van der Waals surface area contributed by atoms with E-state index < -0.39 is 0 Å². The van der Waals surface area contributed by atoms with Crippen molar-refractivity contribution < 1.29 is 13.9 Å². The number of rotatable bonds is 7. The molecule has 2 rings (SSSR count). The van der Waals surface area contributed by atoms with Crippen molar-refractivity contribution in [2.75, 3.05) is 47.0 Å². The van der Waals surface area contributed by atoms with Gasteiger partial charge in [-0.2, -0.15) is 0 Å². The topological polar surface area (TPSA) is 46.1 Å². The lowest BCUT2D eigenvalue weighted by Gasteiger charge is -2.22. The van der Waals surface area contributed by atoms with Gasteiger partial charge in [-0.15, -0.1) is 24.0 Å². The van der Waals surface area contributed by atoms with Gasteiger partial charge in [0, 0.05) is 20.6 Å². The SMILES string of the molecule is CN=C(NCCC1=CCOCC1)N(C)CCOc1ccccc1F.I. The molecule has 0 atom stereocenters. The maximum atomic E-state index is 13.5. The van der Waals surface area contributed by atoms with Gasteiger partial charge in [0.05, 0.1) is 19.8 Å². The molecule has 0 unspecified atom stereocenters. The largest absolute Gasteiger partial charge is 0.489 e. The molecule has 25 heavy (non-hydrogen) atoms. The Bertz CT molecular complexity index is 581. The zero-order valence-electron chi connectivity index (χ0n) is 14.8. The minimum Gasteiger partial charge on any atom is -0.489 e. The summed E-state index contributed by atoms with van der Waals surface area (Å²) in [7, 11) is 3.69. The van der Waals surface area contributed by atoms with Crippen LogP contribution < -0.4 is 10.1 Å². The van der Waals surface area contributed by atoms with Crippen LogP contribution in [-0.4, -0.2) is 57.9 Å². The number of hydrogen-bond donors (Lipinski definition) is 1. The molecular formula is C18H27FIN3O2. The minimum absolute atomic E-state index is 0. The monoisotopic (exact) mass is 463 g/mol. The highest BCUT2D eigenvalue weighted by Crippen LogP contribution is 2.15. The molecule has 0 radical (unpaired) electrons. The molecule has 0 saturated carbocycles. The van der Waals surface area contributed by atoms with Crippen LogP contribution >= 0.6 is 24.0 Å². The zero-order chi connectivity index (χ0) is 17.2. The second-order valence-electron chi connectivity index (χ2n) is 5.61. The van der Waals surface area contributed by atoms with Gasteiger partial charge in [0.2, 0.25) is 0 Å². The summed E-state index contributed by atoms with van der Waals surface area (Å²) in [6, 6.07) is 6.43. The summed E-state index contributed by atoms with van der Waals surface area (Å²) in [5, 5.41) is 3.34. The number of benzene rings is 1. The Morgan fingerprint density at radius 2 is 2.20 bits per heavy atom. The Balaban J connectivity index is 0.00000312. The summed E-state index contributed by atoms with van der Waals surface area (Å²) < 4.78 is 24.3. The van der Waals surface area contributed by atoms with Gasteiger partial charge in [-0.05, 0) is 25.0 Å². The summed E-state index contributed by atoms with van der Waals surface area (Å²) in [6.07, 6.45) is 4.15. The molecule has 1 aromatic rings. The summed E-state index contributed by atoms with van der Waals surface area (Å²) in [5.74, 6) is 0.743. The van der Waals surface area contributed by atoms with Crippen LogP contribution in [0.15, 0.2) is 40.9 Å². The van der Waals surface area contributed by atoms with Crippen LogP contribution in [0.1, 0.15) is 12.8 Å². The summed E-state index contributed by atoms with van der Waals surface area (Å²) in [6.45, 7) is 3.37. The number of hydrogen-bond acceptors (Lipinski definition) is 3. The molecule has 0 aromatic heterocycles. The predicted octanol–water partition coefficient (Wildman–Crippen LogP) is 3.07. The third-order valence-electron chi connectivity index (χ3n) is 3.88. The van der Waals surface area contributed by atoms with E-state index in [1.165, 1.54) is 11.6 Å². The van der Waals surface area contributed by atoms with Crippen molar-refractivity contribution in [2.45, 2.75) is 12.8 Å². The molecule has 140 valence electrons. The van der Waals surface area contributed by atoms with Crippen molar-refractivity contribution in [1.29, 1.82) is 0 Å². The molecule has 7 heteroatoms. The number of ether oxygens (including phenoxy) is 2. The number of aliphatic imine (C=N–C) groups is 1. The zero-order valence-corrected chi connectivity index (χ0v) is 17.2. The van der Waals surface area contributed by atoms with Gasteiger partial charge in [0.1, 0.15) is 6.61 Å². The lowest BCUT2D eigenvalue weighted by molar-refractivity contribution is 0.153. The molecule has 1 aliphatic heterocycles. The van der Waals surface area contributed by atoms with Crippen molar-refractivity contribution >= 4 is 29.9 Å². The fourth-order valence-electron chi connectivity index (χ4n) is 2.47. The number of halogens is 2. The summed E-state index contributed by atoms with van der Waals surface area (Å²) in [5.41, 5.74) is 1.43. The highest BCUT2D eigenvalue weighted by molar-refractivity contribution is 14.0. The van der Waals surface area contributed by atoms with Gasteiger partial charge in [-0.25, -0.2) is 4.39 Å². The molecular weight excluding hydrogens is 436 g/mol. The van der Waals surface area contributed by atoms with Gasteiger partial charge in [0.25, 0.3) is 0 Å². The fourth-order valence-corrected chi connectivity index (χ4v) is 2.47. The van der Waals surface area contributed by atoms with E-state index >= 15 is 0 Å². The normalized spacial score (nSPS) is 14.4. The van der Waals surface area contributed by atoms with E-state index in [-0.39, 0.29) is 35.5 Å². The average molecular weight is 463 g/mol. The Labute approximate surface area is 166 Å². The van der Waals surface area contributed by atoms with E-state index in [0.717, 1.165) is 38.6 Å². The molecule has 0 amide bonds. The fraction of sp³-hybridized carbons (Fsp3) is 0.500. The number of guanidine groups is 1. The van der Waals surface area contributed by atoms with Crippen LogP contribution in [0.25, 0.3) is 0 Å². The molecule has 5 nitrogen and oxygen atoms in total. The molecule has 0 saturated heterocycles. The smallest absolute Gasteiger partial charge is 0.193 e. The predicted molar refractivity (Wildman–Crippen MR) is 109 cm³/mol. The highest BCUT2D eigenvalue weighted by atomic mass is 127. The van der Waals surface area contributed by atoms with Crippen molar-refractivity contribution in [3.05, 3.63) is 41.7 Å². The summed E-state index contributed by atoms with van der Waals surface area (Å²) in [4.78, 5) is 6.24. The first kappa shape index (κ1) is 21.7. The number of para-hydroxylation sites is 1. The molecule has 0 bridgehead atoms. The average Bonchev–Trinajstić information content (AvgIpc) is 2.61. The third kappa shape index (κ3) is 7.60. The Hall–Kier alpha value is -1.35. The lowest BCUT2D eigenvalue weighted by atomic mass is 10.1. The van der Waals surface area contributed by atoms with E-state index in [4.69, 9.17) is 9.47 Å². The Kier molecular flexibility index (Phi) is 10.5. The van der Waals surface area contributed by atoms with E-state index in [0.29, 0.717) is 13.2 Å². The van der Waals surface area contributed by atoms with Gasteiger partial charge < -0.3 is 19.7 Å². The van der Waals surface area contributed by atoms with Gasteiger partial charge in [0.15, 0.2) is 17.5 Å². The first-order valence-electron chi connectivity index (χ1n) is 8.25. The van der Waals surface area contributed by atoms with E-state index in [9.17, 15) is 4.39 Å². The van der Waals surface area contributed by atoms with Crippen molar-refractivity contribution in [3.63, 3.8) is 0 Å². The van der Waals surface area contributed by atoms with Crippen LogP contribution in [0.3, 0.4) is 0 Å². The van der Waals surface area contributed by atoms with E-state index in [1.54, 1.807) is 25.2 Å². The molecule has 0 fully saturated rings. The second kappa shape index (κ2) is 12.1. The third-order valence-corrected chi connectivity index (χ3v) is 3.88. The van der Waals surface area contributed by atoms with Crippen molar-refractivity contribution in [2.24, 2.45) is 4.99 Å². The first-order chi connectivity index (χ1) is 11.7. The van der Waals surface area contributed by atoms with Crippen LogP contribution in [0.4, 0.5) is 4.39 Å². The molecule has 1 N–H and O–H groups in total. The number of likely N-dealkylation sites (N-methyl/N-ethyl adjacent to an activating group) is 1. The number of nitrogens with zero attached hydrogens (tertiary/aromatic N) is 2. The molecule has 0 aliphatic carbocycles. The summed E-state index contributed by atoms with van der Waals surface area (Å²) >= 11 is 0. The maximum absolute atomic E-state index is 13.5. The van der Waals surface area contributed by atoms with Gasteiger partial charge >= 0.3 is 0 Å². The maximum Gasteiger partial charge on any atom is 0.193 e. The van der Waals surface area contributed by atoms with E-state index in [2.05, 4.69) is 16.4 Å². The minimum atomic E-state index is -0.340. The van der Waals surface area contributed by atoms with Crippen LogP contribution in [0, 0.1) is 5.82 Å². The number of nitrogens with one attached hydrogen (secondary N) is 1. The van der Waals surface area contributed by atoms with Crippen molar-refractivity contribution in [1.82, 2.24) is 10.2 Å². The van der Waals surface area contributed by atoms with Gasteiger partial charge in [-0.3, -0.25) is 4.99 Å². The molecule has 0 spiro atoms. The van der Waals surface area contributed by atoms with Gasteiger partial charge in [-0.1, -0.05) is 23.8 Å². The lowest BCUT2D eigenvalue weighted by Crippen LogP contribution is -2.41. The molecule has 1 aliphatic rings. The van der Waals surface area contributed by atoms with Crippen molar-refractivity contribution in [3.8, 4) is 5.75 Å². The van der Waals surface area contributed by atoms with Crippen LogP contribution in [0.5, 0.6) is 5.75 Å². The van der Waals surface area contributed by atoms with Crippen LogP contribution in [-0.2, 0) is 4.74 Å². The van der Waals surface area contributed by atoms with E-state index in [1.807, 2.05) is 11.9 Å². The Morgan fingerprint density at radius 3 is 2.88 bits per heavy atom. The van der Waals surface area contributed by atoms with Crippen LogP contribution in [0.2, 0.25) is 0 Å².